The van der Waals surface area contributed by atoms with Gasteiger partial charge in [-0.25, -0.2) is 4.79 Å². The third kappa shape index (κ3) is 5.35. The normalized spacial score (nSPS) is 16.1. The van der Waals surface area contributed by atoms with Crippen molar-refractivity contribution in [3.8, 4) is 17.6 Å². The van der Waals surface area contributed by atoms with Crippen LogP contribution in [0.1, 0.15) is 49.4 Å². The van der Waals surface area contributed by atoms with Crippen molar-refractivity contribution >= 4 is 11.9 Å². The van der Waals surface area contributed by atoms with Gasteiger partial charge in [0.25, 0.3) is 5.91 Å². The number of benzene rings is 2. The molecule has 0 aromatic heterocycles. The Labute approximate surface area is 170 Å². The number of rotatable bonds is 6. The molecule has 1 N–H and O–H groups in total. The number of ether oxygens (including phenoxy) is 2. The van der Waals surface area contributed by atoms with E-state index in [1.54, 1.807) is 24.3 Å². The summed E-state index contributed by atoms with van der Waals surface area (Å²) >= 11 is 0. The quantitative estimate of drug-likeness (QED) is 0.738. The summed E-state index contributed by atoms with van der Waals surface area (Å²) in [5, 5.41) is 12.3. The summed E-state index contributed by atoms with van der Waals surface area (Å²) in [6.07, 6.45) is 3.09. The van der Waals surface area contributed by atoms with Crippen molar-refractivity contribution in [2.24, 2.45) is 0 Å². The first kappa shape index (κ1) is 20.4. The van der Waals surface area contributed by atoms with E-state index in [-0.39, 0.29) is 5.56 Å². The number of carbonyl (C=O) groups excluding carboxylic acids is 2. The molecule has 0 radical (unpaired) electrons. The van der Waals surface area contributed by atoms with Gasteiger partial charge < -0.3 is 14.8 Å². The van der Waals surface area contributed by atoms with E-state index in [0.717, 1.165) is 19.3 Å². The summed E-state index contributed by atoms with van der Waals surface area (Å²) in [5.41, 5.74) is -0.579. The molecule has 0 spiro atoms. The second-order valence-corrected chi connectivity index (χ2v) is 7.23. The average Bonchev–Trinajstić information content (AvgIpc) is 2.75. The second kappa shape index (κ2) is 9.24. The molecule has 1 atom stereocenters. The fourth-order valence-electron chi connectivity index (χ4n) is 3.35. The molecule has 1 fully saturated rings. The van der Waals surface area contributed by atoms with Crippen LogP contribution in [0.4, 0.5) is 0 Å². The van der Waals surface area contributed by atoms with Crippen LogP contribution in [0.5, 0.6) is 11.5 Å². The highest BCUT2D eigenvalue weighted by atomic mass is 16.5. The highest BCUT2D eigenvalue weighted by Crippen LogP contribution is 2.28. The summed E-state index contributed by atoms with van der Waals surface area (Å²) in [5.74, 6) is 0.0627. The van der Waals surface area contributed by atoms with E-state index in [1.165, 1.54) is 6.92 Å². The third-order valence-electron chi connectivity index (χ3n) is 4.99. The summed E-state index contributed by atoms with van der Waals surface area (Å²) in [4.78, 5) is 25.0. The second-order valence-electron chi connectivity index (χ2n) is 7.23. The van der Waals surface area contributed by atoms with Crippen LogP contribution in [0.25, 0.3) is 0 Å². The molecule has 2 aromatic rings. The maximum Gasteiger partial charge on any atom is 0.339 e. The highest BCUT2D eigenvalue weighted by Gasteiger charge is 2.35. The number of para-hydroxylation sites is 1. The molecule has 1 saturated carbocycles. The zero-order valence-electron chi connectivity index (χ0n) is 16.4. The molecule has 1 aliphatic carbocycles. The van der Waals surface area contributed by atoms with Crippen LogP contribution in [0.3, 0.4) is 0 Å². The van der Waals surface area contributed by atoms with Crippen LogP contribution >= 0.6 is 0 Å². The summed E-state index contributed by atoms with van der Waals surface area (Å²) in [7, 11) is 0. The Morgan fingerprint density at radius 2 is 1.72 bits per heavy atom. The minimum Gasteiger partial charge on any atom is -0.457 e. The van der Waals surface area contributed by atoms with Gasteiger partial charge in [0.15, 0.2) is 6.10 Å². The zero-order chi connectivity index (χ0) is 20.7. The topological polar surface area (TPSA) is 88.4 Å². The zero-order valence-corrected chi connectivity index (χ0v) is 16.4. The molecule has 0 unspecified atom stereocenters. The van der Waals surface area contributed by atoms with Gasteiger partial charge >= 0.3 is 5.97 Å². The molecule has 6 heteroatoms. The Bertz CT molecular complexity index is 899. The predicted molar refractivity (Wildman–Crippen MR) is 107 cm³/mol. The minimum atomic E-state index is -1.01. The lowest BCUT2D eigenvalue weighted by Gasteiger charge is -2.32. The molecular weight excluding hydrogens is 368 g/mol. The van der Waals surface area contributed by atoms with E-state index in [1.807, 2.05) is 30.3 Å². The lowest BCUT2D eigenvalue weighted by Crippen LogP contribution is -2.52. The number of amides is 1. The molecule has 29 heavy (non-hydrogen) atoms. The molecule has 0 heterocycles. The lowest BCUT2D eigenvalue weighted by molar-refractivity contribution is -0.130. The van der Waals surface area contributed by atoms with Crippen molar-refractivity contribution in [3.05, 3.63) is 60.2 Å². The maximum atomic E-state index is 12.5. The summed E-state index contributed by atoms with van der Waals surface area (Å²) in [6, 6.07) is 18.0. The monoisotopic (exact) mass is 392 g/mol. The Morgan fingerprint density at radius 3 is 2.41 bits per heavy atom. The number of hydrogen-bond donors (Lipinski definition) is 1. The summed E-state index contributed by atoms with van der Waals surface area (Å²) < 4.78 is 11.0. The van der Waals surface area contributed by atoms with Gasteiger partial charge in [-0.15, -0.1) is 0 Å². The van der Waals surface area contributed by atoms with Gasteiger partial charge in [0.05, 0.1) is 11.6 Å². The molecule has 1 amide bonds. The molecule has 0 bridgehead atoms. The van der Waals surface area contributed by atoms with Gasteiger partial charge in [0.1, 0.15) is 17.0 Å². The molecular formula is C23H24N2O4. The van der Waals surface area contributed by atoms with E-state index >= 15 is 0 Å². The van der Waals surface area contributed by atoms with E-state index in [2.05, 4.69) is 11.4 Å². The maximum absolute atomic E-state index is 12.5. The standard InChI is InChI=1S/C23H24N2O4/c1-17(21(26)25-23(16-24)13-6-3-7-14-23)28-22(27)18-9-8-12-20(15-18)29-19-10-4-2-5-11-19/h2,4-5,8-12,15,17H,3,6-7,13-14H2,1H3,(H,25,26)/t17-/m1/s1. The Balaban J connectivity index is 1.61. The molecule has 3 rings (SSSR count). The number of nitrogens with zero attached hydrogens (tertiary/aromatic N) is 1. The minimum absolute atomic E-state index is 0.283. The molecule has 0 saturated heterocycles. The van der Waals surface area contributed by atoms with Crippen LogP contribution in [0.2, 0.25) is 0 Å². The average molecular weight is 392 g/mol. The van der Waals surface area contributed by atoms with Crippen LogP contribution in [-0.2, 0) is 9.53 Å². The predicted octanol–water partition coefficient (Wildman–Crippen LogP) is 4.37. The van der Waals surface area contributed by atoms with Gasteiger partial charge in [-0.05, 0) is 50.1 Å². The Hall–Kier alpha value is -3.33. The van der Waals surface area contributed by atoms with Gasteiger partial charge in [-0.3, -0.25) is 4.79 Å². The SMILES string of the molecule is C[C@@H](OC(=O)c1cccc(Oc2ccccc2)c1)C(=O)NC1(C#N)CCCCC1. The largest absolute Gasteiger partial charge is 0.457 e. The van der Waals surface area contributed by atoms with Gasteiger partial charge in [0, 0.05) is 0 Å². The van der Waals surface area contributed by atoms with Crippen molar-refractivity contribution in [2.75, 3.05) is 0 Å². The molecule has 150 valence electrons. The van der Waals surface area contributed by atoms with Crippen LogP contribution < -0.4 is 10.1 Å². The highest BCUT2D eigenvalue weighted by molar-refractivity contribution is 5.92. The molecule has 2 aromatic carbocycles. The lowest BCUT2D eigenvalue weighted by atomic mass is 9.83. The number of hydrogen-bond acceptors (Lipinski definition) is 5. The Morgan fingerprint density at radius 1 is 1.03 bits per heavy atom. The van der Waals surface area contributed by atoms with Crippen LogP contribution in [-0.4, -0.2) is 23.5 Å². The van der Waals surface area contributed by atoms with Crippen molar-refractivity contribution in [1.29, 1.82) is 5.26 Å². The van der Waals surface area contributed by atoms with E-state index in [4.69, 9.17) is 9.47 Å². The number of esters is 1. The van der Waals surface area contributed by atoms with Crippen molar-refractivity contribution in [3.63, 3.8) is 0 Å². The first-order chi connectivity index (χ1) is 14.0. The third-order valence-corrected chi connectivity index (χ3v) is 4.99. The van der Waals surface area contributed by atoms with E-state index < -0.39 is 23.5 Å². The molecule has 1 aliphatic rings. The van der Waals surface area contributed by atoms with Crippen molar-refractivity contribution < 1.29 is 19.1 Å². The first-order valence-electron chi connectivity index (χ1n) is 9.79. The number of nitriles is 1. The van der Waals surface area contributed by atoms with E-state index in [0.29, 0.717) is 24.3 Å². The number of nitrogens with one attached hydrogen (secondary N) is 1. The first-order valence-corrected chi connectivity index (χ1v) is 9.79. The smallest absolute Gasteiger partial charge is 0.339 e. The van der Waals surface area contributed by atoms with Gasteiger partial charge in [-0.1, -0.05) is 43.5 Å². The van der Waals surface area contributed by atoms with Crippen molar-refractivity contribution in [2.45, 2.75) is 50.7 Å². The Kier molecular flexibility index (Phi) is 6.50. The van der Waals surface area contributed by atoms with Crippen molar-refractivity contribution in [1.82, 2.24) is 5.32 Å². The summed E-state index contributed by atoms with van der Waals surface area (Å²) in [6.45, 7) is 1.51. The fourth-order valence-corrected chi connectivity index (χ4v) is 3.35. The molecule has 0 aliphatic heterocycles. The number of carbonyl (C=O) groups is 2. The van der Waals surface area contributed by atoms with E-state index in [9.17, 15) is 14.9 Å². The van der Waals surface area contributed by atoms with Crippen LogP contribution in [0, 0.1) is 11.3 Å². The van der Waals surface area contributed by atoms with Gasteiger partial charge in [-0.2, -0.15) is 5.26 Å². The van der Waals surface area contributed by atoms with Gasteiger partial charge in [0.2, 0.25) is 0 Å². The molecule has 6 nitrogen and oxygen atoms in total. The fraction of sp³-hybridized carbons (Fsp3) is 0.348. The van der Waals surface area contributed by atoms with Crippen LogP contribution in [0.15, 0.2) is 54.6 Å².